The van der Waals surface area contributed by atoms with Crippen LogP contribution in [0.15, 0.2) is 29.2 Å². The maximum absolute atomic E-state index is 12.3. The third kappa shape index (κ3) is 2.27. The molecule has 1 aromatic rings. The van der Waals surface area contributed by atoms with E-state index in [1.54, 1.807) is 4.90 Å². The fourth-order valence-corrected chi connectivity index (χ4v) is 3.10. The minimum atomic E-state index is -0.973. The molecule has 17 heavy (non-hydrogen) atoms. The lowest BCUT2D eigenvalue weighted by Crippen LogP contribution is -2.44. The standard InChI is InChI=1S/C13H17NO2S/c1-13(2,3)12(15)14-8-9-17(16)11-7-5-4-6-10(11)14/h4-7H,8-9H2,1-3H3. The first-order chi connectivity index (χ1) is 7.91. The van der Waals surface area contributed by atoms with Crippen LogP contribution < -0.4 is 4.90 Å². The highest BCUT2D eigenvalue weighted by Gasteiger charge is 2.32. The number of para-hydroxylation sites is 1. The number of benzene rings is 1. The second-order valence-electron chi connectivity index (χ2n) is 5.22. The second kappa shape index (κ2) is 4.26. The Kier molecular flexibility index (Phi) is 3.08. The molecular weight excluding hydrogens is 234 g/mol. The molecule has 0 bridgehead atoms. The summed E-state index contributed by atoms with van der Waals surface area (Å²) in [4.78, 5) is 14.9. The molecule has 4 heteroatoms. The Morgan fingerprint density at radius 1 is 1.29 bits per heavy atom. The summed E-state index contributed by atoms with van der Waals surface area (Å²) >= 11 is 0. The highest BCUT2D eigenvalue weighted by molar-refractivity contribution is 7.85. The molecule has 0 N–H and O–H groups in total. The van der Waals surface area contributed by atoms with E-state index in [4.69, 9.17) is 0 Å². The molecule has 1 unspecified atom stereocenters. The lowest BCUT2D eigenvalue weighted by molar-refractivity contribution is -0.125. The number of hydrogen-bond acceptors (Lipinski definition) is 2. The van der Waals surface area contributed by atoms with Gasteiger partial charge < -0.3 is 4.90 Å². The maximum Gasteiger partial charge on any atom is 0.232 e. The van der Waals surface area contributed by atoms with Crippen molar-refractivity contribution in [1.82, 2.24) is 0 Å². The predicted molar refractivity (Wildman–Crippen MR) is 69.5 cm³/mol. The van der Waals surface area contributed by atoms with Gasteiger partial charge in [0.15, 0.2) is 0 Å². The van der Waals surface area contributed by atoms with E-state index in [9.17, 15) is 9.00 Å². The van der Waals surface area contributed by atoms with Gasteiger partial charge in [-0.1, -0.05) is 32.9 Å². The van der Waals surface area contributed by atoms with E-state index in [2.05, 4.69) is 0 Å². The van der Waals surface area contributed by atoms with Crippen LogP contribution in [0.1, 0.15) is 20.8 Å². The summed E-state index contributed by atoms with van der Waals surface area (Å²) in [7, 11) is -0.973. The minimum Gasteiger partial charge on any atom is -0.310 e. The highest BCUT2D eigenvalue weighted by atomic mass is 32.2. The van der Waals surface area contributed by atoms with Crippen LogP contribution in [0.3, 0.4) is 0 Å². The summed E-state index contributed by atoms with van der Waals surface area (Å²) in [6.45, 7) is 6.26. The van der Waals surface area contributed by atoms with Gasteiger partial charge in [0, 0.05) is 17.7 Å². The summed E-state index contributed by atoms with van der Waals surface area (Å²) in [5, 5.41) is 0. The van der Waals surface area contributed by atoms with Crippen LogP contribution in [0.5, 0.6) is 0 Å². The van der Waals surface area contributed by atoms with Gasteiger partial charge in [0.2, 0.25) is 5.91 Å². The quantitative estimate of drug-likeness (QED) is 0.709. The molecule has 1 atom stereocenters. The number of carbonyl (C=O) groups is 1. The van der Waals surface area contributed by atoms with Crippen molar-refractivity contribution < 1.29 is 9.00 Å². The number of carbonyl (C=O) groups excluding carboxylic acids is 1. The van der Waals surface area contributed by atoms with E-state index in [1.165, 1.54) is 0 Å². The van der Waals surface area contributed by atoms with Crippen LogP contribution in [0.2, 0.25) is 0 Å². The molecule has 1 heterocycles. The largest absolute Gasteiger partial charge is 0.310 e. The summed E-state index contributed by atoms with van der Waals surface area (Å²) in [5.41, 5.74) is 0.392. The first kappa shape index (κ1) is 12.3. The molecule has 3 nitrogen and oxygen atoms in total. The first-order valence-electron chi connectivity index (χ1n) is 5.70. The van der Waals surface area contributed by atoms with Crippen molar-refractivity contribution in [3.8, 4) is 0 Å². The third-order valence-corrected chi connectivity index (χ3v) is 4.18. The Bertz CT molecular complexity index is 477. The monoisotopic (exact) mass is 251 g/mol. The van der Waals surface area contributed by atoms with Crippen molar-refractivity contribution in [2.45, 2.75) is 25.7 Å². The topological polar surface area (TPSA) is 37.4 Å². The zero-order valence-corrected chi connectivity index (χ0v) is 11.2. The van der Waals surface area contributed by atoms with Gasteiger partial charge in [-0.2, -0.15) is 0 Å². The molecule has 1 amide bonds. The zero-order valence-electron chi connectivity index (χ0n) is 10.4. The molecule has 0 radical (unpaired) electrons. The molecule has 0 spiro atoms. The molecule has 0 aliphatic carbocycles. The average Bonchev–Trinajstić information content (AvgIpc) is 2.28. The van der Waals surface area contributed by atoms with Crippen molar-refractivity contribution in [3.05, 3.63) is 24.3 Å². The average molecular weight is 251 g/mol. The van der Waals surface area contributed by atoms with E-state index in [0.29, 0.717) is 12.3 Å². The summed E-state index contributed by atoms with van der Waals surface area (Å²) in [6.07, 6.45) is 0. The Morgan fingerprint density at radius 3 is 2.59 bits per heavy atom. The zero-order chi connectivity index (χ0) is 12.6. The molecule has 92 valence electrons. The molecule has 1 aliphatic heterocycles. The van der Waals surface area contributed by atoms with Gasteiger partial charge in [-0.3, -0.25) is 9.00 Å². The fourth-order valence-electron chi connectivity index (χ4n) is 1.89. The van der Waals surface area contributed by atoms with Crippen molar-refractivity contribution in [3.63, 3.8) is 0 Å². The van der Waals surface area contributed by atoms with Gasteiger partial charge in [0.1, 0.15) is 0 Å². The Morgan fingerprint density at radius 2 is 1.94 bits per heavy atom. The van der Waals surface area contributed by atoms with Gasteiger partial charge in [0.05, 0.1) is 21.4 Å². The van der Waals surface area contributed by atoms with E-state index in [-0.39, 0.29) is 5.91 Å². The van der Waals surface area contributed by atoms with Gasteiger partial charge in [-0.05, 0) is 12.1 Å². The number of nitrogens with zero attached hydrogens (tertiary/aromatic N) is 1. The van der Waals surface area contributed by atoms with Crippen LogP contribution >= 0.6 is 0 Å². The van der Waals surface area contributed by atoms with E-state index < -0.39 is 16.2 Å². The molecule has 0 saturated heterocycles. The van der Waals surface area contributed by atoms with Gasteiger partial charge in [0.25, 0.3) is 0 Å². The van der Waals surface area contributed by atoms with E-state index in [0.717, 1.165) is 10.6 Å². The Hall–Kier alpha value is -1.16. The molecule has 0 saturated carbocycles. The number of amides is 1. The van der Waals surface area contributed by atoms with Crippen molar-refractivity contribution in [2.24, 2.45) is 5.41 Å². The lowest BCUT2D eigenvalue weighted by Gasteiger charge is -2.33. The molecule has 1 aromatic carbocycles. The number of rotatable bonds is 0. The minimum absolute atomic E-state index is 0.0849. The van der Waals surface area contributed by atoms with Gasteiger partial charge >= 0.3 is 0 Å². The summed E-state index contributed by atoms with van der Waals surface area (Å²) in [6, 6.07) is 7.45. The Balaban J connectivity index is 2.44. The van der Waals surface area contributed by atoms with Crippen LogP contribution in [0.4, 0.5) is 5.69 Å². The second-order valence-corrected chi connectivity index (χ2v) is 6.76. The first-order valence-corrected chi connectivity index (χ1v) is 7.02. The Labute approximate surface area is 104 Å². The number of hydrogen-bond donors (Lipinski definition) is 0. The van der Waals surface area contributed by atoms with Crippen molar-refractivity contribution in [1.29, 1.82) is 0 Å². The normalized spacial score (nSPS) is 19.9. The lowest BCUT2D eigenvalue weighted by atomic mass is 9.94. The number of anilines is 1. The molecular formula is C13H17NO2S. The van der Waals surface area contributed by atoms with Crippen LogP contribution in [0, 0.1) is 5.41 Å². The van der Waals surface area contributed by atoms with Crippen molar-refractivity contribution >= 4 is 22.4 Å². The van der Waals surface area contributed by atoms with E-state index in [1.807, 2.05) is 45.0 Å². The van der Waals surface area contributed by atoms with Crippen LogP contribution in [0.25, 0.3) is 0 Å². The highest BCUT2D eigenvalue weighted by Crippen LogP contribution is 2.31. The SMILES string of the molecule is CC(C)(C)C(=O)N1CCS(=O)c2ccccc21. The molecule has 0 fully saturated rings. The van der Waals surface area contributed by atoms with Crippen LogP contribution in [-0.2, 0) is 15.6 Å². The molecule has 0 aromatic heterocycles. The van der Waals surface area contributed by atoms with Gasteiger partial charge in [-0.15, -0.1) is 0 Å². The molecule has 1 aliphatic rings. The third-order valence-electron chi connectivity index (χ3n) is 2.79. The summed E-state index contributed by atoms with van der Waals surface area (Å²) < 4.78 is 11.9. The summed E-state index contributed by atoms with van der Waals surface area (Å²) in [5.74, 6) is 0.611. The number of fused-ring (bicyclic) bond motifs is 1. The van der Waals surface area contributed by atoms with Crippen LogP contribution in [-0.4, -0.2) is 22.4 Å². The van der Waals surface area contributed by atoms with E-state index >= 15 is 0 Å². The smallest absolute Gasteiger partial charge is 0.232 e. The predicted octanol–water partition coefficient (Wildman–Crippen LogP) is 2.19. The fraction of sp³-hybridized carbons (Fsp3) is 0.462. The molecule has 2 rings (SSSR count). The van der Waals surface area contributed by atoms with Crippen molar-refractivity contribution in [2.75, 3.05) is 17.2 Å². The maximum atomic E-state index is 12.3. The van der Waals surface area contributed by atoms with Gasteiger partial charge in [-0.25, -0.2) is 0 Å².